The number of hydrogen-bond acceptors (Lipinski definition) is 2. The highest BCUT2D eigenvalue weighted by Gasteiger charge is 2.29. The first-order chi connectivity index (χ1) is 7.97. The first-order valence-electron chi connectivity index (χ1n) is 6.80. The molecule has 1 aromatic heterocycles. The van der Waals surface area contributed by atoms with Gasteiger partial charge in [-0.2, -0.15) is 0 Å². The van der Waals surface area contributed by atoms with Gasteiger partial charge in [0.15, 0.2) is 0 Å². The maximum Gasteiger partial charge on any atom is 0.0418 e. The van der Waals surface area contributed by atoms with Gasteiger partial charge in [-0.05, 0) is 62.5 Å². The van der Waals surface area contributed by atoms with E-state index in [2.05, 4.69) is 33.8 Å². The van der Waals surface area contributed by atoms with E-state index in [1.54, 1.807) is 0 Å². The number of hydrogen-bond donors (Lipinski definition) is 1. The number of aryl methyl sites for hydroxylation is 2. The van der Waals surface area contributed by atoms with Crippen LogP contribution < -0.4 is 5.73 Å². The summed E-state index contributed by atoms with van der Waals surface area (Å²) >= 11 is 1.89. The van der Waals surface area contributed by atoms with Gasteiger partial charge in [0.25, 0.3) is 0 Å². The summed E-state index contributed by atoms with van der Waals surface area (Å²) in [5, 5.41) is 0. The molecule has 2 rings (SSSR count). The lowest BCUT2D eigenvalue weighted by Gasteiger charge is -2.34. The van der Waals surface area contributed by atoms with Crippen LogP contribution in [0, 0.1) is 31.6 Å². The fourth-order valence-corrected chi connectivity index (χ4v) is 4.44. The highest BCUT2D eigenvalue weighted by atomic mass is 32.1. The lowest BCUT2D eigenvalue weighted by atomic mass is 9.73. The van der Waals surface area contributed by atoms with Gasteiger partial charge in [-0.1, -0.05) is 13.8 Å². The molecule has 1 aliphatic rings. The zero-order valence-corrected chi connectivity index (χ0v) is 12.3. The molecule has 0 radical (unpaired) electrons. The van der Waals surface area contributed by atoms with Crippen molar-refractivity contribution in [1.29, 1.82) is 0 Å². The summed E-state index contributed by atoms with van der Waals surface area (Å²) in [7, 11) is 0. The van der Waals surface area contributed by atoms with E-state index in [9.17, 15) is 0 Å². The third kappa shape index (κ3) is 2.92. The summed E-state index contributed by atoms with van der Waals surface area (Å²) in [4.78, 5) is 2.82. The van der Waals surface area contributed by atoms with E-state index >= 15 is 0 Å². The number of rotatable bonds is 2. The second kappa shape index (κ2) is 5.11. The molecule has 2 heteroatoms. The summed E-state index contributed by atoms with van der Waals surface area (Å²) in [6.07, 6.45) is 3.99. The van der Waals surface area contributed by atoms with Gasteiger partial charge < -0.3 is 5.73 Å². The second-order valence-electron chi connectivity index (χ2n) is 6.09. The topological polar surface area (TPSA) is 26.0 Å². The third-order valence-electron chi connectivity index (χ3n) is 4.24. The van der Waals surface area contributed by atoms with Crippen LogP contribution in [-0.2, 0) is 0 Å². The van der Waals surface area contributed by atoms with Gasteiger partial charge in [0.2, 0.25) is 0 Å². The molecule has 0 aromatic carbocycles. The smallest absolute Gasteiger partial charge is 0.0418 e. The molecule has 0 amide bonds. The van der Waals surface area contributed by atoms with E-state index in [-0.39, 0.29) is 6.04 Å². The Balaban J connectivity index is 2.11. The van der Waals surface area contributed by atoms with Crippen LogP contribution >= 0.6 is 11.3 Å². The van der Waals surface area contributed by atoms with Crippen LogP contribution in [0.1, 0.15) is 54.5 Å². The second-order valence-corrected chi connectivity index (χ2v) is 7.38. The average molecular weight is 251 g/mol. The Morgan fingerprint density at radius 1 is 1.18 bits per heavy atom. The molecule has 2 N–H and O–H groups in total. The summed E-state index contributed by atoms with van der Waals surface area (Å²) in [6.45, 7) is 9.14. The molecule has 0 spiro atoms. The fourth-order valence-electron chi connectivity index (χ4n) is 3.30. The van der Waals surface area contributed by atoms with Gasteiger partial charge in [0.1, 0.15) is 0 Å². The van der Waals surface area contributed by atoms with Gasteiger partial charge in [-0.15, -0.1) is 11.3 Å². The maximum atomic E-state index is 6.49. The zero-order valence-electron chi connectivity index (χ0n) is 11.5. The molecule has 96 valence electrons. The summed E-state index contributed by atoms with van der Waals surface area (Å²) in [5.41, 5.74) is 7.89. The fraction of sp³-hybridized carbons (Fsp3) is 0.733. The van der Waals surface area contributed by atoms with Crippen LogP contribution in [0.15, 0.2) is 6.07 Å². The molecule has 1 fully saturated rings. The molecule has 1 heterocycles. The van der Waals surface area contributed by atoms with Crippen molar-refractivity contribution in [3.8, 4) is 0 Å². The number of nitrogens with two attached hydrogens (primary N) is 1. The van der Waals surface area contributed by atoms with Crippen molar-refractivity contribution in [1.82, 2.24) is 0 Å². The molecule has 1 aliphatic carbocycles. The largest absolute Gasteiger partial charge is 0.323 e. The maximum absolute atomic E-state index is 6.49. The van der Waals surface area contributed by atoms with Gasteiger partial charge in [-0.25, -0.2) is 0 Å². The molecule has 0 aliphatic heterocycles. The molecule has 1 nitrogen and oxygen atoms in total. The van der Waals surface area contributed by atoms with Gasteiger partial charge in [0.05, 0.1) is 0 Å². The van der Waals surface area contributed by atoms with E-state index in [0.29, 0.717) is 5.92 Å². The molecule has 1 aromatic rings. The SMILES string of the molecule is Cc1cc(C(N)C2CC(C)CC(C)C2)sc1C. The Hall–Kier alpha value is -0.340. The highest BCUT2D eigenvalue weighted by molar-refractivity contribution is 7.12. The molecule has 3 atom stereocenters. The van der Waals surface area contributed by atoms with Crippen LogP contribution in [0.2, 0.25) is 0 Å². The normalized spacial score (nSPS) is 31.5. The van der Waals surface area contributed by atoms with Crippen molar-refractivity contribution >= 4 is 11.3 Å². The van der Waals surface area contributed by atoms with E-state index in [4.69, 9.17) is 5.73 Å². The van der Waals surface area contributed by atoms with Gasteiger partial charge in [0, 0.05) is 15.8 Å². The average Bonchev–Trinajstić information content (AvgIpc) is 2.57. The van der Waals surface area contributed by atoms with E-state index in [1.807, 2.05) is 11.3 Å². The standard InChI is InChI=1S/C15H25NS/c1-9-5-10(2)7-13(6-9)15(16)14-8-11(3)12(4)17-14/h8-10,13,15H,5-7,16H2,1-4H3. The Morgan fingerprint density at radius 3 is 2.24 bits per heavy atom. The van der Waals surface area contributed by atoms with Crippen molar-refractivity contribution in [2.75, 3.05) is 0 Å². The minimum Gasteiger partial charge on any atom is -0.323 e. The lowest BCUT2D eigenvalue weighted by Crippen LogP contribution is -2.28. The number of thiophene rings is 1. The molecular weight excluding hydrogens is 226 g/mol. The molecule has 3 unspecified atom stereocenters. The summed E-state index contributed by atoms with van der Waals surface area (Å²) in [6, 6.07) is 2.56. The molecule has 0 bridgehead atoms. The van der Waals surface area contributed by atoms with Crippen molar-refractivity contribution in [2.24, 2.45) is 23.5 Å². The lowest BCUT2D eigenvalue weighted by molar-refractivity contribution is 0.194. The van der Waals surface area contributed by atoms with E-state index in [1.165, 1.54) is 34.6 Å². The molecular formula is C15H25NS. The van der Waals surface area contributed by atoms with E-state index < -0.39 is 0 Å². The van der Waals surface area contributed by atoms with Crippen LogP contribution in [0.3, 0.4) is 0 Å². The van der Waals surface area contributed by atoms with Gasteiger partial charge >= 0.3 is 0 Å². The molecule has 17 heavy (non-hydrogen) atoms. The summed E-state index contributed by atoms with van der Waals surface area (Å²) in [5.74, 6) is 2.38. The highest BCUT2D eigenvalue weighted by Crippen LogP contribution is 2.40. The molecule has 1 saturated carbocycles. The predicted octanol–water partition coefficient (Wildman–Crippen LogP) is 4.44. The third-order valence-corrected chi connectivity index (χ3v) is 5.49. The minimum absolute atomic E-state index is 0.262. The zero-order chi connectivity index (χ0) is 12.6. The van der Waals surface area contributed by atoms with Gasteiger partial charge in [-0.3, -0.25) is 0 Å². The first-order valence-corrected chi connectivity index (χ1v) is 7.61. The monoisotopic (exact) mass is 251 g/mol. The van der Waals surface area contributed by atoms with Crippen LogP contribution in [0.4, 0.5) is 0 Å². The van der Waals surface area contributed by atoms with Crippen LogP contribution in [0.25, 0.3) is 0 Å². The Bertz CT molecular complexity index is 353. The predicted molar refractivity (Wildman–Crippen MR) is 76.4 cm³/mol. The molecule has 0 saturated heterocycles. The van der Waals surface area contributed by atoms with Crippen molar-refractivity contribution < 1.29 is 0 Å². The first kappa shape index (κ1) is 13.1. The minimum atomic E-state index is 0.262. The van der Waals surface area contributed by atoms with Crippen LogP contribution in [-0.4, -0.2) is 0 Å². The van der Waals surface area contributed by atoms with E-state index in [0.717, 1.165) is 11.8 Å². The van der Waals surface area contributed by atoms with Crippen molar-refractivity contribution in [3.63, 3.8) is 0 Å². The quantitative estimate of drug-likeness (QED) is 0.826. The summed E-state index contributed by atoms with van der Waals surface area (Å²) < 4.78 is 0. The van der Waals surface area contributed by atoms with Crippen LogP contribution in [0.5, 0.6) is 0 Å². The Kier molecular flexibility index (Phi) is 3.94. The van der Waals surface area contributed by atoms with Crippen molar-refractivity contribution in [2.45, 2.75) is 53.0 Å². The van der Waals surface area contributed by atoms with Crippen molar-refractivity contribution in [3.05, 3.63) is 21.4 Å². The Morgan fingerprint density at radius 2 is 1.76 bits per heavy atom. The Labute approximate surface area is 109 Å².